The standard InChI is InChI=1S/C5H4Cl2N4O/c6-2-1-3(10-4(7)9-2)11-5(12)8-1/h2H,(H,9,10)(H2,8,11,12)/t2-/m0/s1. The summed E-state index contributed by atoms with van der Waals surface area (Å²) in [7, 11) is 0. The van der Waals surface area contributed by atoms with Gasteiger partial charge in [0.05, 0.1) is 0 Å². The number of hydrogen-bond acceptors (Lipinski definition) is 3. The van der Waals surface area contributed by atoms with E-state index in [-0.39, 0.29) is 11.0 Å². The molecule has 2 heterocycles. The van der Waals surface area contributed by atoms with Crippen molar-refractivity contribution < 1.29 is 0 Å². The number of nitrogens with one attached hydrogen (secondary N) is 3. The normalized spacial score (nSPS) is 21.2. The summed E-state index contributed by atoms with van der Waals surface area (Å²) < 4.78 is 0. The summed E-state index contributed by atoms with van der Waals surface area (Å²) in [6.07, 6.45) is 0. The van der Waals surface area contributed by atoms with E-state index in [1.165, 1.54) is 0 Å². The fourth-order valence-corrected chi connectivity index (χ4v) is 1.48. The van der Waals surface area contributed by atoms with Crippen molar-refractivity contribution >= 4 is 34.3 Å². The van der Waals surface area contributed by atoms with Crippen molar-refractivity contribution in [3.05, 3.63) is 16.2 Å². The van der Waals surface area contributed by atoms with Crippen LogP contribution in [0.15, 0.2) is 9.79 Å². The molecule has 1 aromatic rings. The lowest BCUT2D eigenvalue weighted by molar-refractivity contribution is 0.952. The smallest absolute Gasteiger partial charge is 0.315 e. The number of rotatable bonds is 0. The number of aliphatic imine (C=N–C) groups is 1. The van der Waals surface area contributed by atoms with Gasteiger partial charge in [-0.25, -0.2) is 9.79 Å². The van der Waals surface area contributed by atoms with Crippen LogP contribution in [-0.2, 0) is 0 Å². The lowest BCUT2D eigenvalue weighted by Crippen LogP contribution is -2.13. The van der Waals surface area contributed by atoms with Gasteiger partial charge in [0.15, 0.2) is 10.8 Å². The quantitative estimate of drug-likeness (QED) is 0.437. The first-order chi connectivity index (χ1) is 5.66. The molecule has 0 radical (unpaired) electrons. The highest BCUT2D eigenvalue weighted by atomic mass is 35.5. The van der Waals surface area contributed by atoms with E-state index in [1.807, 2.05) is 0 Å². The highest BCUT2D eigenvalue weighted by Gasteiger charge is 2.20. The second-order valence-corrected chi connectivity index (χ2v) is 3.02. The molecule has 3 N–H and O–H groups in total. The third-order valence-corrected chi connectivity index (χ3v) is 1.96. The monoisotopic (exact) mass is 206 g/mol. The summed E-state index contributed by atoms with van der Waals surface area (Å²) in [5.74, 6) is 0.472. The molecule has 1 aromatic heterocycles. The van der Waals surface area contributed by atoms with Gasteiger partial charge in [0.1, 0.15) is 11.5 Å². The number of halogens is 2. The SMILES string of the molecule is O=c1[nH]c2c([nH]1)[C@@H](Cl)N=C(Cl)N2. The van der Waals surface area contributed by atoms with Crippen molar-refractivity contribution in [3.8, 4) is 0 Å². The third kappa shape index (κ3) is 1.11. The number of H-pyrrole nitrogens is 2. The molecule has 0 amide bonds. The van der Waals surface area contributed by atoms with Gasteiger partial charge in [-0.2, -0.15) is 0 Å². The van der Waals surface area contributed by atoms with Crippen LogP contribution in [0.4, 0.5) is 5.82 Å². The van der Waals surface area contributed by atoms with E-state index in [9.17, 15) is 4.79 Å². The van der Waals surface area contributed by atoms with Crippen molar-refractivity contribution in [1.29, 1.82) is 0 Å². The maximum atomic E-state index is 10.8. The van der Waals surface area contributed by atoms with Gasteiger partial charge in [0.2, 0.25) is 0 Å². The minimum Gasteiger partial charge on any atom is -0.315 e. The predicted octanol–water partition coefficient (Wildman–Crippen LogP) is 0.961. The number of fused-ring (bicyclic) bond motifs is 1. The van der Waals surface area contributed by atoms with Crippen molar-refractivity contribution in [2.45, 2.75) is 5.50 Å². The Morgan fingerprint density at radius 2 is 2.17 bits per heavy atom. The molecule has 64 valence electrons. The fourth-order valence-electron chi connectivity index (χ4n) is 0.974. The first-order valence-corrected chi connectivity index (χ1v) is 3.95. The number of imidazole rings is 1. The average molecular weight is 207 g/mol. The van der Waals surface area contributed by atoms with Crippen molar-refractivity contribution in [2.75, 3.05) is 5.32 Å². The average Bonchev–Trinajstić information content (AvgIpc) is 2.29. The van der Waals surface area contributed by atoms with Gasteiger partial charge < -0.3 is 10.3 Å². The van der Waals surface area contributed by atoms with Crippen LogP contribution < -0.4 is 11.0 Å². The maximum Gasteiger partial charge on any atom is 0.324 e. The molecular formula is C5H4Cl2N4O. The molecule has 12 heavy (non-hydrogen) atoms. The molecule has 0 fully saturated rings. The summed E-state index contributed by atoms with van der Waals surface area (Å²) in [5, 5.41) is 2.82. The Hall–Kier alpha value is -0.940. The number of hydrogen-bond donors (Lipinski definition) is 3. The molecule has 7 heteroatoms. The van der Waals surface area contributed by atoms with Gasteiger partial charge in [-0.15, -0.1) is 0 Å². The zero-order valence-corrected chi connectivity index (χ0v) is 7.20. The highest BCUT2D eigenvalue weighted by molar-refractivity contribution is 6.67. The zero-order valence-electron chi connectivity index (χ0n) is 5.69. The first kappa shape index (κ1) is 7.70. The van der Waals surface area contributed by atoms with E-state index in [2.05, 4.69) is 20.3 Å². The molecular weight excluding hydrogens is 203 g/mol. The Balaban J connectivity index is 2.54. The Labute approximate surface area is 76.8 Å². The number of nitrogens with zero attached hydrogens (tertiary/aromatic N) is 1. The van der Waals surface area contributed by atoms with E-state index in [1.54, 1.807) is 0 Å². The van der Waals surface area contributed by atoms with E-state index in [4.69, 9.17) is 23.2 Å². The fraction of sp³-hybridized carbons (Fsp3) is 0.200. The second kappa shape index (κ2) is 2.53. The van der Waals surface area contributed by atoms with Crippen LogP contribution in [-0.4, -0.2) is 15.3 Å². The Kier molecular flexibility index (Phi) is 1.62. The van der Waals surface area contributed by atoms with Gasteiger partial charge in [0.25, 0.3) is 0 Å². The topological polar surface area (TPSA) is 73.0 Å². The molecule has 1 aliphatic rings. The van der Waals surface area contributed by atoms with Gasteiger partial charge >= 0.3 is 5.69 Å². The minimum atomic E-state index is -0.632. The zero-order chi connectivity index (χ0) is 8.72. The van der Waals surface area contributed by atoms with Crippen molar-refractivity contribution in [2.24, 2.45) is 4.99 Å². The first-order valence-electron chi connectivity index (χ1n) is 3.13. The molecule has 0 bridgehead atoms. The van der Waals surface area contributed by atoms with Crippen LogP contribution >= 0.6 is 23.2 Å². The van der Waals surface area contributed by atoms with Gasteiger partial charge in [-0.1, -0.05) is 11.6 Å². The van der Waals surface area contributed by atoms with Gasteiger partial charge in [-0.3, -0.25) is 4.98 Å². The molecule has 0 saturated carbocycles. The maximum absolute atomic E-state index is 10.8. The van der Waals surface area contributed by atoms with Crippen LogP contribution in [0.2, 0.25) is 0 Å². The Morgan fingerprint density at radius 3 is 2.92 bits per heavy atom. The largest absolute Gasteiger partial charge is 0.324 e. The Morgan fingerprint density at radius 1 is 1.42 bits per heavy atom. The van der Waals surface area contributed by atoms with Gasteiger partial charge in [0, 0.05) is 0 Å². The van der Waals surface area contributed by atoms with Gasteiger partial charge in [-0.05, 0) is 11.6 Å². The highest BCUT2D eigenvalue weighted by Crippen LogP contribution is 2.28. The molecule has 1 atom stereocenters. The number of anilines is 1. The molecule has 1 aliphatic heterocycles. The summed E-state index contributed by atoms with van der Waals surface area (Å²) in [5.41, 5.74) is -0.460. The van der Waals surface area contributed by atoms with Crippen LogP contribution in [0.1, 0.15) is 11.2 Å². The number of aromatic nitrogens is 2. The van der Waals surface area contributed by atoms with E-state index in [0.29, 0.717) is 11.5 Å². The van der Waals surface area contributed by atoms with Crippen molar-refractivity contribution in [3.63, 3.8) is 0 Å². The summed E-state index contributed by atoms with van der Waals surface area (Å²) in [6.45, 7) is 0. The molecule has 0 saturated heterocycles. The lowest BCUT2D eigenvalue weighted by atomic mass is 10.4. The predicted molar refractivity (Wildman–Crippen MR) is 46.9 cm³/mol. The van der Waals surface area contributed by atoms with E-state index in [0.717, 1.165) is 0 Å². The van der Waals surface area contributed by atoms with E-state index < -0.39 is 5.50 Å². The number of amidine groups is 1. The van der Waals surface area contributed by atoms with Crippen LogP contribution in [0.5, 0.6) is 0 Å². The van der Waals surface area contributed by atoms with E-state index >= 15 is 0 Å². The summed E-state index contributed by atoms with van der Waals surface area (Å²) in [6, 6.07) is 0. The Bertz CT molecular complexity index is 392. The van der Waals surface area contributed by atoms with Crippen LogP contribution in [0.25, 0.3) is 0 Å². The van der Waals surface area contributed by atoms with Crippen LogP contribution in [0, 0.1) is 0 Å². The molecule has 5 nitrogen and oxygen atoms in total. The third-order valence-electron chi connectivity index (χ3n) is 1.45. The molecule has 2 rings (SSSR count). The lowest BCUT2D eigenvalue weighted by Gasteiger charge is -2.12. The number of alkyl halides is 1. The second-order valence-electron chi connectivity index (χ2n) is 2.25. The number of aromatic amines is 2. The summed E-state index contributed by atoms with van der Waals surface area (Å²) in [4.78, 5) is 19.6. The minimum absolute atomic E-state index is 0.165. The van der Waals surface area contributed by atoms with Crippen LogP contribution in [0.3, 0.4) is 0 Å². The molecule has 0 aliphatic carbocycles. The van der Waals surface area contributed by atoms with Crippen molar-refractivity contribution in [1.82, 2.24) is 9.97 Å². The summed E-state index contributed by atoms with van der Waals surface area (Å²) >= 11 is 11.3. The molecule has 0 unspecified atom stereocenters. The molecule has 0 spiro atoms. The molecule has 0 aromatic carbocycles.